The van der Waals surface area contributed by atoms with Crippen LogP contribution in [0.25, 0.3) is 0 Å². The van der Waals surface area contributed by atoms with Gasteiger partial charge in [0.15, 0.2) is 0 Å². The summed E-state index contributed by atoms with van der Waals surface area (Å²) in [6.07, 6.45) is 1.17. The second-order valence-corrected chi connectivity index (χ2v) is 3.25. The molecular formula is C9H22NReSi-2. The third-order valence-corrected chi connectivity index (χ3v) is 2.32. The van der Waals surface area contributed by atoms with E-state index in [0.717, 1.165) is 0 Å². The van der Waals surface area contributed by atoms with Crippen LogP contribution in [0.1, 0.15) is 20.8 Å². The molecule has 0 saturated carbocycles. The molecule has 0 aromatic carbocycles. The Bertz CT molecular complexity index is 80.6. The Kier molecular flexibility index (Phi) is 43.1. The van der Waals surface area contributed by atoms with E-state index in [1.165, 1.54) is 11.7 Å². The number of nitrogens with one attached hydrogen (secondary N) is 1. The Balaban J connectivity index is -0.0000000740. The normalized spacial score (nSPS) is 6.42. The number of hydrogen-bond acceptors (Lipinski definition) is 1. The van der Waals surface area contributed by atoms with Gasteiger partial charge in [0, 0.05) is 20.4 Å². The third-order valence-electron chi connectivity index (χ3n) is 0.773. The van der Waals surface area contributed by atoms with Crippen LogP contribution in [0.15, 0.2) is 11.3 Å². The van der Waals surface area contributed by atoms with Gasteiger partial charge in [-0.1, -0.05) is 5.57 Å². The van der Waals surface area contributed by atoms with Crippen LogP contribution in [0.4, 0.5) is 0 Å². The van der Waals surface area contributed by atoms with Crippen molar-refractivity contribution in [3.8, 4) is 0 Å². The van der Waals surface area contributed by atoms with Gasteiger partial charge in [-0.3, -0.25) is 0 Å². The van der Waals surface area contributed by atoms with E-state index in [-0.39, 0.29) is 27.8 Å². The maximum Gasteiger partial charge on any atom is 0.0730 e. The summed E-state index contributed by atoms with van der Waals surface area (Å²) in [7, 11) is 2.51. The third kappa shape index (κ3) is 31.2. The molecular weight excluding hydrogens is 336 g/mol. The van der Waals surface area contributed by atoms with Crippen molar-refractivity contribution in [3.63, 3.8) is 0 Å². The first-order valence-electron chi connectivity index (χ1n) is 3.59. The fraction of sp³-hybridized carbons (Fsp3) is 0.556. The molecule has 0 unspecified atom stereocenters. The molecule has 12 heavy (non-hydrogen) atoms. The van der Waals surface area contributed by atoms with Gasteiger partial charge in [-0.05, 0) is 27.1 Å². The molecule has 76 valence electrons. The van der Waals surface area contributed by atoms with Crippen LogP contribution >= 0.6 is 0 Å². The largest absolute Gasteiger partial charge is 0.358 e. The van der Waals surface area contributed by atoms with Gasteiger partial charge in [0.2, 0.25) is 0 Å². The van der Waals surface area contributed by atoms with E-state index >= 15 is 0 Å². The molecule has 2 radical (unpaired) electrons. The molecule has 0 aliphatic carbocycles. The Morgan fingerprint density at radius 3 is 2.08 bits per heavy atom. The summed E-state index contributed by atoms with van der Waals surface area (Å²) < 4.78 is 0. The van der Waals surface area contributed by atoms with E-state index in [0.29, 0.717) is 9.52 Å². The van der Waals surface area contributed by atoms with Gasteiger partial charge in [0.1, 0.15) is 0 Å². The van der Waals surface area contributed by atoms with E-state index in [1.807, 2.05) is 7.05 Å². The van der Waals surface area contributed by atoms with E-state index in [2.05, 4.69) is 31.8 Å². The van der Waals surface area contributed by atoms with Crippen LogP contribution in [0.2, 0.25) is 0 Å². The molecule has 0 aliphatic heterocycles. The van der Waals surface area contributed by atoms with Gasteiger partial charge < -0.3 is 19.7 Å². The first kappa shape index (κ1) is 22.9. The Morgan fingerprint density at radius 2 is 1.83 bits per heavy atom. The molecule has 0 rings (SSSR count). The van der Waals surface area contributed by atoms with Gasteiger partial charge in [-0.2, -0.15) is 6.92 Å². The van der Waals surface area contributed by atoms with E-state index in [1.54, 1.807) is 6.92 Å². The summed E-state index contributed by atoms with van der Waals surface area (Å²) in [6, 6.07) is 0. The average Bonchev–Trinajstić information content (AvgIpc) is 1.92. The van der Waals surface area contributed by atoms with Crippen LogP contribution < -0.4 is 5.32 Å². The summed E-state index contributed by atoms with van der Waals surface area (Å²) in [5.74, 6) is 0. The monoisotopic (exact) mass is 359 g/mol. The molecule has 0 spiro atoms. The summed E-state index contributed by atoms with van der Waals surface area (Å²) in [6.45, 7) is 9.28. The number of rotatable bonds is 3. The molecule has 0 aromatic heterocycles. The molecule has 0 heterocycles. The minimum atomic E-state index is 0. The summed E-state index contributed by atoms with van der Waals surface area (Å²) in [5, 5.41) is 3.12. The van der Waals surface area contributed by atoms with Crippen LogP contribution in [0, 0.1) is 14.4 Å². The fourth-order valence-electron chi connectivity index (χ4n) is 0.412. The van der Waals surface area contributed by atoms with Crippen LogP contribution in [-0.2, 0) is 20.4 Å². The van der Waals surface area contributed by atoms with Crippen molar-refractivity contribution in [2.45, 2.75) is 20.8 Å². The Labute approximate surface area is 94.9 Å². The van der Waals surface area contributed by atoms with Gasteiger partial charge in [-0.25, -0.2) is 0 Å². The SMILES string of the molecule is CNC[SiH]C=C(C)C.[CH2-]C.[CH3-].[Re]. The summed E-state index contributed by atoms with van der Waals surface area (Å²) in [4.78, 5) is 0. The zero-order chi connectivity index (χ0) is 8.41. The maximum atomic E-state index is 3.25. The standard InChI is InChI=1S/C6H14NSi.C2H5.CH3.Re/c1-6(2)4-8-5-7-3;1-2;;/h4,7-8H,5H2,1-3H3;1H2,2H3;1H3;/q;2*-1;. The summed E-state index contributed by atoms with van der Waals surface area (Å²) >= 11 is 0. The van der Waals surface area contributed by atoms with Crippen LogP contribution in [0.3, 0.4) is 0 Å². The molecule has 0 atom stereocenters. The van der Waals surface area contributed by atoms with Crippen molar-refractivity contribution in [1.82, 2.24) is 5.32 Å². The Hall–Kier alpha value is 0.579. The van der Waals surface area contributed by atoms with E-state index in [9.17, 15) is 0 Å². The smallest absolute Gasteiger partial charge is 0.0730 e. The number of hydrogen-bond donors (Lipinski definition) is 1. The van der Waals surface area contributed by atoms with Crippen molar-refractivity contribution >= 4 is 9.52 Å². The van der Waals surface area contributed by atoms with Crippen molar-refractivity contribution in [2.24, 2.45) is 0 Å². The first-order valence-corrected chi connectivity index (χ1v) is 5.07. The van der Waals surface area contributed by atoms with E-state index < -0.39 is 0 Å². The molecule has 1 N–H and O–H groups in total. The molecule has 0 saturated heterocycles. The van der Waals surface area contributed by atoms with Crippen molar-refractivity contribution in [3.05, 3.63) is 25.6 Å². The molecule has 1 nitrogen and oxygen atoms in total. The van der Waals surface area contributed by atoms with Crippen molar-refractivity contribution in [2.75, 3.05) is 13.2 Å². The summed E-state index contributed by atoms with van der Waals surface area (Å²) in [5.41, 5.74) is 3.76. The predicted molar refractivity (Wildman–Crippen MR) is 58.0 cm³/mol. The molecule has 0 fully saturated rings. The van der Waals surface area contributed by atoms with Crippen LogP contribution in [-0.4, -0.2) is 22.7 Å². The molecule has 0 bridgehead atoms. The number of allylic oxidation sites excluding steroid dienone is 1. The van der Waals surface area contributed by atoms with Gasteiger partial charge in [0.05, 0.1) is 9.52 Å². The minimum absolute atomic E-state index is 0. The minimum Gasteiger partial charge on any atom is -0.358 e. The van der Waals surface area contributed by atoms with Crippen molar-refractivity contribution in [1.29, 1.82) is 0 Å². The molecule has 0 aromatic rings. The first-order chi connectivity index (χ1) is 4.77. The van der Waals surface area contributed by atoms with Gasteiger partial charge in [-0.15, -0.1) is 5.70 Å². The fourth-order valence-corrected chi connectivity index (χ4v) is 1.24. The topological polar surface area (TPSA) is 12.0 Å². The molecule has 0 aliphatic rings. The predicted octanol–water partition coefficient (Wildman–Crippen LogP) is 1.81. The zero-order valence-electron chi connectivity index (χ0n) is 8.95. The zero-order valence-corrected chi connectivity index (χ0v) is 12.8. The Morgan fingerprint density at radius 1 is 1.42 bits per heavy atom. The second kappa shape index (κ2) is 22.6. The maximum absolute atomic E-state index is 3.25. The second-order valence-electron chi connectivity index (χ2n) is 2.04. The van der Waals surface area contributed by atoms with Crippen LogP contribution in [0.5, 0.6) is 0 Å². The average molecular weight is 359 g/mol. The van der Waals surface area contributed by atoms with Gasteiger partial charge in [0.25, 0.3) is 0 Å². The molecule has 0 amide bonds. The molecule has 3 heteroatoms. The van der Waals surface area contributed by atoms with Gasteiger partial charge >= 0.3 is 0 Å². The van der Waals surface area contributed by atoms with Crippen molar-refractivity contribution < 1.29 is 20.4 Å². The van der Waals surface area contributed by atoms with E-state index in [4.69, 9.17) is 0 Å². The quantitative estimate of drug-likeness (QED) is 0.461.